The highest BCUT2D eigenvalue weighted by molar-refractivity contribution is 5.98. The van der Waals surface area contributed by atoms with Gasteiger partial charge in [0.25, 0.3) is 5.91 Å². The van der Waals surface area contributed by atoms with E-state index >= 15 is 0 Å². The second-order valence-electron chi connectivity index (χ2n) is 5.94. The second-order valence-corrected chi connectivity index (χ2v) is 5.94. The molecule has 0 saturated carbocycles. The molecular formula is C20H18FNO3. The molecule has 3 rings (SSSR count). The second kappa shape index (κ2) is 7.30. The van der Waals surface area contributed by atoms with Gasteiger partial charge in [-0.2, -0.15) is 0 Å². The van der Waals surface area contributed by atoms with Crippen LogP contribution in [0.2, 0.25) is 0 Å². The molecular weight excluding hydrogens is 321 g/mol. The Kier molecular flexibility index (Phi) is 4.93. The SMILES string of the molecule is CC1Cc2ccccc2N1C(=O)COC(=O)C=Cc1ccc(F)cc1. The average Bonchev–Trinajstić information content (AvgIpc) is 2.95. The first-order valence-electron chi connectivity index (χ1n) is 8.05. The number of amides is 1. The quantitative estimate of drug-likeness (QED) is 0.634. The Labute approximate surface area is 145 Å². The molecule has 1 aliphatic rings. The van der Waals surface area contributed by atoms with E-state index in [4.69, 9.17) is 4.74 Å². The minimum Gasteiger partial charge on any atom is -0.452 e. The topological polar surface area (TPSA) is 46.6 Å². The number of carbonyl (C=O) groups excluding carboxylic acids is 2. The summed E-state index contributed by atoms with van der Waals surface area (Å²) in [6.45, 7) is 1.65. The largest absolute Gasteiger partial charge is 0.452 e. The minimum absolute atomic E-state index is 0.0401. The van der Waals surface area contributed by atoms with Crippen LogP contribution in [0.15, 0.2) is 54.6 Å². The Bertz CT molecular complexity index is 814. The molecule has 0 N–H and O–H groups in total. The number of halogens is 1. The van der Waals surface area contributed by atoms with Gasteiger partial charge in [-0.05, 0) is 48.7 Å². The van der Waals surface area contributed by atoms with Crippen LogP contribution in [0.3, 0.4) is 0 Å². The number of fused-ring (bicyclic) bond motifs is 1. The van der Waals surface area contributed by atoms with Crippen LogP contribution in [0.4, 0.5) is 10.1 Å². The van der Waals surface area contributed by atoms with Crippen LogP contribution >= 0.6 is 0 Å². The van der Waals surface area contributed by atoms with E-state index in [0.29, 0.717) is 5.56 Å². The van der Waals surface area contributed by atoms with Gasteiger partial charge in [0.2, 0.25) is 0 Å². The summed E-state index contributed by atoms with van der Waals surface area (Å²) in [5, 5.41) is 0. The maximum atomic E-state index is 12.8. The van der Waals surface area contributed by atoms with Crippen LogP contribution in [0.25, 0.3) is 6.08 Å². The predicted molar refractivity (Wildman–Crippen MR) is 93.5 cm³/mol. The van der Waals surface area contributed by atoms with Gasteiger partial charge in [0.15, 0.2) is 6.61 Å². The van der Waals surface area contributed by atoms with Crippen molar-refractivity contribution in [1.82, 2.24) is 0 Å². The highest BCUT2D eigenvalue weighted by atomic mass is 19.1. The van der Waals surface area contributed by atoms with E-state index in [1.165, 1.54) is 24.3 Å². The summed E-state index contributed by atoms with van der Waals surface area (Å²) in [7, 11) is 0. The molecule has 0 fully saturated rings. The molecule has 0 aromatic heterocycles. The number of para-hydroxylation sites is 1. The third-order valence-corrected chi connectivity index (χ3v) is 4.10. The molecule has 1 heterocycles. The van der Waals surface area contributed by atoms with Crippen LogP contribution in [-0.4, -0.2) is 24.5 Å². The molecule has 1 atom stereocenters. The third-order valence-electron chi connectivity index (χ3n) is 4.10. The van der Waals surface area contributed by atoms with Crippen molar-refractivity contribution in [2.24, 2.45) is 0 Å². The van der Waals surface area contributed by atoms with Gasteiger partial charge >= 0.3 is 5.97 Å². The number of ether oxygens (including phenoxy) is 1. The van der Waals surface area contributed by atoms with Gasteiger partial charge in [-0.1, -0.05) is 30.3 Å². The summed E-state index contributed by atoms with van der Waals surface area (Å²) in [4.78, 5) is 25.9. The van der Waals surface area contributed by atoms with Crippen molar-refractivity contribution in [2.45, 2.75) is 19.4 Å². The normalized spacial score (nSPS) is 16.1. The maximum absolute atomic E-state index is 12.8. The molecule has 4 nitrogen and oxygen atoms in total. The summed E-state index contributed by atoms with van der Waals surface area (Å²) >= 11 is 0. The molecule has 5 heteroatoms. The molecule has 0 spiro atoms. The van der Waals surface area contributed by atoms with Gasteiger partial charge in [0.1, 0.15) is 5.82 Å². The molecule has 2 aromatic rings. The van der Waals surface area contributed by atoms with Gasteiger partial charge in [-0.15, -0.1) is 0 Å². The lowest BCUT2D eigenvalue weighted by Gasteiger charge is -2.22. The van der Waals surface area contributed by atoms with Gasteiger partial charge < -0.3 is 9.64 Å². The number of hydrogen-bond donors (Lipinski definition) is 0. The lowest BCUT2D eigenvalue weighted by molar-refractivity contribution is -0.143. The zero-order valence-corrected chi connectivity index (χ0v) is 13.8. The molecule has 0 bridgehead atoms. The molecule has 1 unspecified atom stereocenters. The van der Waals surface area contributed by atoms with Crippen LogP contribution in [0, 0.1) is 5.82 Å². The highest BCUT2D eigenvalue weighted by Gasteiger charge is 2.30. The number of rotatable bonds is 4. The average molecular weight is 339 g/mol. The van der Waals surface area contributed by atoms with E-state index < -0.39 is 5.97 Å². The summed E-state index contributed by atoms with van der Waals surface area (Å²) < 4.78 is 17.9. The van der Waals surface area contributed by atoms with Crippen LogP contribution < -0.4 is 4.90 Å². The number of hydrogen-bond acceptors (Lipinski definition) is 3. The van der Waals surface area contributed by atoms with E-state index in [-0.39, 0.29) is 24.4 Å². The minimum atomic E-state index is -0.613. The fourth-order valence-electron chi connectivity index (χ4n) is 2.93. The standard InChI is InChI=1S/C20H18FNO3/c1-14-12-16-4-2-3-5-18(16)22(14)19(23)13-25-20(24)11-8-15-6-9-17(21)10-7-15/h2-11,14H,12-13H2,1H3. The molecule has 128 valence electrons. The van der Waals surface area contributed by atoms with Crippen molar-refractivity contribution >= 4 is 23.6 Å². The third kappa shape index (κ3) is 3.94. The number of nitrogens with zero attached hydrogens (tertiary/aromatic N) is 1. The molecule has 1 amide bonds. The van der Waals surface area contributed by atoms with Crippen molar-refractivity contribution in [3.63, 3.8) is 0 Å². The summed E-state index contributed by atoms with van der Waals surface area (Å²) in [6, 6.07) is 13.5. The lowest BCUT2D eigenvalue weighted by Crippen LogP contribution is -2.38. The van der Waals surface area contributed by atoms with E-state index in [2.05, 4.69) is 0 Å². The summed E-state index contributed by atoms with van der Waals surface area (Å²) in [5.41, 5.74) is 2.66. The van der Waals surface area contributed by atoms with Gasteiger partial charge in [0, 0.05) is 17.8 Å². The van der Waals surface area contributed by atoms with E-state index in [1.807, 2.05) is 31.2 Å². The van der Waals surface area contributed by atoms with Gasteiger partial charge in [-0.25, -0.2) is 9.18 Å². The van der Waals surface area contributed by atoms with Crippen LogP contribution in [-0.2, 0) is 20.7 Å². The molecule has 0 saturated heterocycles. The number of esters is 1. The van der Waals surface area contributed by atoms with Crippen molar-refractivity contribution in [1.29, 1.82) is 0 Å². The van der Waals surface area contributed by atoms with Gasteiger partial charge in [-0.3, -0.25) is 4.79 Å². The van der Waals surface area contributed by atoms with E-state index in [1.54, 1.807) is 17.0 Å². The fourth-order valence-corrected chi connectivity index (χ4v) is 2.93. The van der Waals surface area contributed by atoms with Gasteiger partial charge in [0.05, 0.1) is 0 Å². The van der Waals surface area contributed by atoms with Crippen molar-refractivity contribution in [3.8, 4) is 0 Å². The first-order valence-corrected chi connectivity index (χ1v) is 8.05. The first-order chi connectivity index (χ1) is 12.0. The molecule has 2 aromatic carbocycles. The van der Waals surface area contributed by atoms with Crippen molar-refractivity contribution in [3.05, 3.63) is 71.6 Å². The predicted octanol–water partition coefficient (Wildman–Crippen LogP) is 3.36. The monoisotopic (exact) mass is 339 g/mol. The first kappa shape index (κ1) is 16.9. The Morgan fingerprint density at radius 1 is 1.20 bits per heavy atom. The number of anilines is 1. The number of carbonyl (C=O) groups is 2. The molecule has 0 aliphatic carbocycles. The smallest absolute Gasteiger partial charge is 0.331 e. The fraction of sp³-hybridized carbons (Fsp3) is 0.200. The lowest BCUT2D eigenvalue weighted by atomic mass is 10.1. The Hall–Kier alpha value is -2.95. The molecule has 0 radical (unpaired) electrons. The summed E-state index contributed by atoms with van der Waals surface area (Å²) in [5.74, 6) is -1.20. The van der Waals surface area contributed by atoms with E-state index in [9.17, 15) is 14.0 Å². The Morgan fingerprint density at radius 3 is 2.68 bits per heavy atom. The Balaban J connectivity index is 1.57. The highest BCUT2D eigenvalue weighted by Crippen LogP contribution is 2.31. The number of benzene rings is 2. The van der Waals surface area contributed by atoms with Crippen LogP contribution in [0.5, 0.6) is 0 Å². The Morgan fingerprint density at radius 2 is 1.92 bits per heavy atom. The molecule has 25 heavy (non-hydrogen) atoms. The zero-order chi connectivity index (χ0) is 17.8. The van der Waals surface area contributed by atoms with Crippen molar-refractivity contribution < 1.29 is 18.7 Å². The maximum Gasteiger partial charge on any atom is 0.331 e. The zero-order valence-electron chi connectivity index (χ0n) is 13.8. The van der Waals surface area contributed by atoms with E-state index in [0.717, 1.165) is 17.7 Å². The van der Waals surface area contributed by atoms with Crippen LogP contribution in [0.1, 0.15) is 18.1 Å². The molecule has 1 aliphatic heterocycles. The summed E-state index contributed by atoms with van der Waals surface area (Å²) in [6.07, 6.45) is 3.53. The van der Waals surface area contributed by atoms with Crippen molar-refractivity contribution in [2.75, 3.05) is 11.5 Å².